The van der Waals surface area contributed by atoms with Crippen LogP contribution in [-0.2, 0) is 4.52 Å². The summed E-state index contributed by atoms with van der Waals surface area (Å²) < 4.78 is 8.01. The molecule has 0 N–H and O–H groups in total. The van der Waals surface area contributed by atoms with E-state index in [1.165, 1.54) is 0 Å². The molecule has 0 rings (SSSR count). The Hall–Kier alpha value is 0.0600. The highest BCUT2D eigenvalue weighted by Crippen LogP contribution is 2.18. The molecule has 0 aliphatic rings. The van der Waals surface area contributed by atoms with Crippen molar-refractivity contribution in [3.8, 4) is 0 Å². The van der Waals surface area contributed by atoms with Crippen LogP contribution in [0.15, 0.2) is 0 Å². The molecular formula is C11H25NOP+. The summed E-state index contributed by atoms with van der Waals surface area (Å²) in [6, 6.07) is 1.08. The Kier molecular flexibility index (Phi) is 5.85. The summed E-state index contributed by atoms with van der Waals surface area (Å²) in [7, 11) is 0.994. The monoisotopic (exact) mass is 218 g/mol. The minimum Gasteiger partial charge on any atom is -0.274 e. The van der Waals surface area contributed by atoms with Crippen molar-refractivity contribution in [1.82, 2.24) is 0 Å². The first-order valence-corrected chi connectivity index (χ1v) is 6.12. The van der Waals surface area contributed by atoms with E-state index in [2.05, 4.69) is 52.8 Å². The van der Waals surface area contributed by atoms with Crippen LogP contribution in [0.3, 0.4) is 0 Å². The predicted molar refractivity (Wildman–Crippen MR) is 62.9 cm³/mol. The van der Waals surface area contributed by atoms with Crippen molar-refractivity contribution in [2.45, 2.75) is 60.5 Å². The molecule has 0 heterocycles. The predicted octanol–water partition coefficient (Wildman–Crippen LogP) is 3.92. The Morgan fingerprint density at radius 2 is 1.50 bits per heavy atom. The Balaban J connectivity index is 4.19. The van der Waals surface area contributed by atoms with Crippen LogP contribution in [0.4, 0.5) is 0 Å². The van der Waals surface area contributed by atoms with Gasteiger partial charge in [-0.05, 0) is 33.1 Å². The second-order valence-electron chi connectivity index (χ2n) is 5.48. The highest BCUT2D eigenvalue weighted by molar-refractivity contribution is 7.17. The lowest BCUT2D eigenvalue weighted by Crippen LogP contribution is -2.24. The van der Waals surface area contributed by atoms with Gasteiger partial charge in [0, 0.05) is 0 Å². The summed E-state index contributed by atoms with van der Waals surface area (Å²) in [6.07, 6.45) is 0. The summed E-state index contributed by atoms with van der Waals surface area (Å²) in [5.74, 6) is 0. The molecule has 0 amide bonds. The molecule has 2 nitrogen and oxygen atoms in total. The topological polar surface area (TPSA) is 12.2 Å². The molecule has 0 saturated carbocycles. The average molecular weight is 218 g/mol. The molecule has 0 spiro atoms. The third-order valence-electron chi connectivity index (χ3n) is 1.71. The van der Waals surface area contributed by atoms with Crippen molar-refractivity contribution < 1.29 is 8.85 Å². The molecule has 0 aromatic heterocycles. The minimum absolute atomic E-state index is 0.257. The fourth-order valence-corrected chi connectivity index (χ4v) is 2.03. The Bertz CT molecular complexity index is 182. The van der Waals surface area contributed by atoms with Crippen LogP contribution in [0.2, 0.25) is 0 Å². The van der Waals surface area contributed by atoms with Crippen molar-refractivity contribution in [2.75, 3.05) is 6.61 Å². The number of nitrogens with zero attached hydrogens (tertiary/aromatic N) is 1. The van der Waals surface area contributed by atoms with Gasteiger partial charge in [0.2, 0.25) is 0 Å². The van der Waals surface area contributed by atoms with E-state index in [9.17, 15) is 0 Å². The lowest BCUT2D eigenvalue weighted by atomic mass is 9.99. The highest BCUT2D eigenvalue weighted by Gasteiger charge is 2.17. The molecule has 0 atom stereocenters. The molecule has 0 aromatic rings. The van der Waals surface area contributed by atoms with Crippen LogP contribution in [0.5, 0.6) is 0 Å². The molecule has 0 aliphatic heterocycles. The molecule has 0 aliphatic carbocycles. The van der Waals surface area contributed by atoms with E-state index >= 15 is 0 Å². The summed E-state index contributed by atoms with van der Waals surface area (Å²) in [5.41, 5.74) is 0.257. The molecule has 0 unspecified atom stereocenters. The zero-order valence-corrected chi connectivity index (χ0v) is 11.6. The smallest absolute Gasteiger partial charge is 0.274 e. The standard InChI is InChI=1S/C11H25NOP/c1-9(2)12(10(3)4)14-13-8-11(5,6)7/h9-10H,8H2,1-7H3/q+1. The van der Waals surface area contributed by atoms with Crippen LogP contribution in [0, 0.1) is 5.41 Å². The number of rotatable bonds is 4. The SMILES string of the molecule is CC(C)[N+](=POCC(C)(C)C)C(C)C. The molecule has 0 bridgehead atoms. The number of hydrogen-bond acceptors (Lipinski definition) is 1. The number of hydrogen-bond donors (Lipinski definition) is 0. The first-order chi connectivity index (χ1) is 6.24. The van der Waals surface area contributed by atoms with Crippen LogP contribution < -0.4 is 0 Å². The van der Waals surface area contributed by atoms with Gasteiger partial charge in [-0.15, -0.1) is 0 Å². The van der Waals surface area contributed by atoms with Crippen LogP contribution >= 0.6 is 8.60 Å². The second kappa shape index (κ2) is 5.82. The molecule has 84 valence electrons. The maximum Gasteiger partial charge on any atom is 0.393 e. The van der Waals surface area contributed by atoms with Crippen molar-refractivity contribution in [3.63, 3.8) is 0 Å². The first-order valence-electron chi connectivity index (χ1n) is 5.35. The van der Waals surface area contributed by atoms with Gasteiger partial charge in [0.15, 0.2) is 12.1 Å². The van der Waals surface area contributed by atoms with E-state index in [0.717, 1.165) is 15.2 Å². The van der Waals surface area contributed by atoms with Gasteiger partial charge in [-0.3, -0.25) is 4.52 Å². The maximum atomic E-state index is 5.68. The van der Waals surface area contributed by atoms with Crippen LogP contribution in [0.1, 0.15) is 48.5 Å². The summed E-state index contributed by atoms with van der Waals surface area (Å²) in [4.78, 5) is 0. The Morgan fingerprint density at radius 3 is 1.79 bits per heavy atom. The lowest BCUT2D eigenvalue weighted by molar-refractivity contribution is -0.568. The third-order valence-corrected chi connectivity index (χ3v) is 3.06. The zero-order valence-electron chi connectivity index (χ0n) is 10.7. The maximum absolute atomic E-state index is 5.68. The largest absolute Gasteiger partial charge is 0.393 e. The molecule has 0 radical (unpaired) electrons. The van der Waals surface area contributed by atoms with Gasteiger partial charge >= 0.3 is 8.60 Å². The van der Waals surface area contributed by atoms with Crippen molar-refractivity contribution >= 4 is 8.60 Å². The third kappa shape index (κ3) is 6.50. The average Bonchev–Trinajstić information content (AvgIpc) is 1.94. The molecule has 14 heavy (non-hydrogen) atoms. The second-order valence-corrected chi connectivity index (χ2v) is 6.37. The van der Waals surface area contributed by atoms with Crippen LogP contribution in [0.25, 0.3) is 0 Å². The quantitative estimate of drug-likeness (QED) is 0.651. The fraction of sp³-hybridized carbons (Fsp3) is 1.00. The van der Waals surface area contributed by atoms with Crippen LogP contribution in [-0.4, -0.2) is 23.0 Å². The van der Waals surface area contributed by atoms with Gasteiger partial charge < -0.3 is 0 Å². The zero-order chi connectivity index (χ0) is 11.4. The van der Waals surface area contributed by atoms with Gasteiger partial charge in [-0.1, -0.05) is 20.8 Å². The van der Waals surface area contributed by atoms with E-state index in [0.29, 0.717) is 12.1 Å². The highest BCUT2D eigenvalue weighted by atomic mass is 31.1. The minimum atomic E-state index is 0.257. The molecule has 3 heteroatoms. The van der Waals surface area contributed by atoms with E-state index in [1.54, 1.807) is 0 Å². The van der Waals surface area contributed by atoms with E-state index in [4.69, 9.17) is 4.52 Å². The molecule has 0 saturated heterocycles. The summed E-state index contributed by atoms with van der Waals surface area (Å²) in [5, 5.41) is 0. The Morgan fingerprint density at radius 1 is 1.07 bits per heavy atom. The summed E-state index contributed by atoms with van der Waals surface area (Å²) >= 11 is 0. The van der Waals surface area contributed by atoms with E-state index < -0.39 is 0 Å². The normalized spacial score (nSPS) is 12.9. The van der Waals surface area contributed by atoms with Gasteiger partial charge in [-0.2, -0.15) is 4.33 Å². The first kappa shape index (κ1) is 14.1. The fourth-order valence-electron chi connectivity index (χ4n) is 1.07. The summed E-state index contributed by atoms with van der Waals surface area (Å²) in [6.45, 7) is 16.2. The van der Waals surface area contributed by atoms with Crippen molar-refractivity contribution in [3.05, 3.63) is 0 Å². The lowest BCUT2D eigenvalue weighted by Gasteiger charge is -2.15. The van der Waals surface area contributed by atoms with Crippen molar-refractivity contribution in [2.24, 2.45) is 5.41 Å². The molecular weight excluding hydrogens is 193 g/mol. The van der Waals surface area contributed by atoms with Gasteiger partial charge in [0.1, 0.15) is 0 Å². The van der Waals surface area contributed by atoms with E-state index in [1.807, 2.05) is 0 Å². The molecule has 0 fully saturated rings. The van der Waals surface area contributed by atoms with Gasteiger partial charge in [0.25, 0.3) is 0 Å². The van der Waals surface area contributed by atoms with Gasteiger partial charge in [0.05, 0.1) is 6.61 Å². The van der Waals surface area contributed by atoms with Gasteiger partial charge in [-0.25, -0.2) is 0 Å². The Labute approximate surface area is 90.6 Å². The molecule has 0 aromatic carbocycles. The van der Waals surface area contributed by atoms with E-state index in [-0.39, 0.29) is 5.41 Å². The van der Waals surface area contributed by atoms with Crippen molar-refractivity contribution in [1.29, 1.82) is 0 Å².